The van der Waals surface area contributed by atoms with Crippen molar-refractivity contribution in [3.05, 3.63) is 11.3 Å². The van der Waals surface area contributed by atoms with Crippen LogP contribution in [0, 0.1) is 0 Å². The second-order valence-corrected chi connectivity index (χ2v) is 13.1. The molecule has 0 bridgehead atoms. The first kappa shape index (κ1) is 16.1. The molecule has 0 unspecified atom stereocenters. The molecule has 0 aromatic rings. The van der Waals surface area contributed by atoms with E-state index < -0.39 is 8.24 Å². The van der Waals surface area contributed by atoms with Crippen molar-refractivity contribution in [1.29, 1.82) is 0 Å². The van der Waals surface area contributed by atoms with Gasteiger partial charge in [0.2, 0.25) is 0 Å². The number of hydrogen-bond donors (Lipinski definition) is 0. The van der Waals surface area contributed by atoms with Crippen molar-refractivity contribution in [2.45, 2.75) is 45.5 Å². The summed E-state index contributed by atoms with van der Waals surface area (Å²) in [7, 11) is 1.24. The predicted octanol–water partition coefficient (Wildman–Crippen LogP) is 2.34. The Morgan fingerprint density at radius 2 is 1.78 bits per heavy atom. The molecule has 0 spiro atoms. The average Bonchev–Trinajstić information content (AvgIpc) is 2.28. The van der Waals surface area contributed by atoms with Crippen molar-refractivity contribution in [2.24, 2.45) is 0 Å². The Bertz CT molecular complexity index is 265. The maximum atomic E-state index is 2.83. The highest BCUT2D eigenvalue weighted by Gasteiger charge is 2.30. The molecule has 1 aliphatic rings. The number of rotatable bonds is 6. The summed E-state index contributed by atoms with van der Waals surface area (Å²) >= 11 is 0. The van der Waals surface area contributed by atoms with Gasteiger partial charge in [-0.15, -0.1) is 5.70 Å². The normalized spacial score (nSPS) is 19.6. The lowest BCUT2D eigenvalue weighted by atomic mass is 10.4. The van der Waals surface area contributed by atoms with Gasteiger partial charge in [-0.1, -0.05) is 31.1 Å². The van der Waals surface area contributed by atoms with Gasteiger partial charge in [-0.25, -0.2) is 0 Å². The summed E-state index contributed by atoms with van der Waals surface area (Å²) in [5, 5.41) is 0. The molecule has 2 nitrogen and oxygen atoms in total. The molecular formula is C14H32N2Si2. The lowest BCUT2D eigenvalue weighted by Crippen LogP contribution is -2.56. The predicted molar refractivity (Wildman–Crippen MR) is 88.8 cm³/mol. The number of allylic oxidation sites excluding steroid dienone is 1. The first-order valence-corrected chi connectivity index (χ1v) is 12.5. The number of nitrogens with zero attached hydrogens (tertiary/aromatic N) is 2. The molecule has 0 amide bonds. The molecule has 0 aromatic carbocycles. The minimum absolute atomic E-state index is 0.0914. The zero-order valence-corrected chi connectivity index (χ0v) is 15.5. The molecule has 0 aromatic heterocycles. The van der Waals surface area contributed by atoms with Crippen molar-refractivity contribution >= 4 is 17.8 Å². The summed E-state index contributed by atoms with van der Waals surface area (Å²) in [5.74, 6) is 0. The highest BCUT2D eigenvalue weighted by Crippen LogP contribution is 2.20. The van der Waals surface area contributed by atoms with E-state index in [1.165, 1.54) is 50.3 Å². The molecule has 0 N–H and O–H groups in total. The van der Waals surface area contributed by atoms with Gasteiger partial charge in [0.25, 0.3) is 0 Å². The largest absolute Gasteiger partial charge is 0.321 e. The molecule has 1 saturated heterocycles. The van der Waals surface area contributed by atoms with Crippen LogP contribution in [0.15, 0.2) is 11.3 Å². The summed E-state index contributed by atoms with van der Waals surface area (Å²) in [5.41, 5.74) is 4.04. The van der Waals surface area contributed by atoms with Crippen LogP contribution in [0.5, 0.6) is 0 Å². The quantitative estimate of drug-likeness (QED) is 0.546. The molecule has 1 heterocycles. The van der Waals surface area contributed by atoms with E-state index in [4.69, 9.17) is 0 Å². The Morgan fingerprint density at radius 3 is 2.33 bits per heavy atom. The number of hydrogen-bond acceptors (Lipinski definition) is 2. The van der Waals surface area contributed by atoms with Gasteiger partial charge in [-0.05, 0) is 26.9 Å². The van der Waals surface area contributed by atoms with Gasteiger partial charge in [0, 0.05) is 35.7 Å². The van der Waals surface area contributed by atoms with E-state index in [1.54, 1.807) is 0 Å². The van der Waals surface area contributed by atoms with Crippen LogP contribution >= 0.6 is 0 Å². The van der Waals surface area contributed by atoms with Crippen molar-refractivity contribution in [3.8, 4) is 0 Å². The summed E-state index contributed by atoms with van der Waals surface area (Å²) in [4.78, 5) is 2.46. The molecule has 1 aliphatic heterocycles. The van der Waals surface area contributed by atoms with Crippen LogP contribution in [-0.2, 0) is 0 Å². The highest BCUT2D eigenvalue weighted by molar-refractivity contribution is 6.74. The van der Waals surface area contributed by atoms with E-state index in [2.05, 4.69) is 49.2 Å². The van der Waals surface area contributed by atoms with Crippen LogP contribution in [0.4, 0.5) is 0 Å². The SMILES string of the molecule is CC(C)=C[SiH2]CCC[Si](C)(C)N1CCN(C)CC1. The third-order valence-electron chi connectivity index (χ3n) is 4.15. The zero-order chi connectivity index (χ0) is 13.6. The van der Waals surface area contributed by atoms with Crippen molar-refractivity contribution < 1.29 is 0 Å². The van der Waals surface area contributed by atoms with E-state index in [-0.39, 0.29) is 9.52 Å². The van der Waals surface area contributed by atoms with Crippen LogP contribution in [-0.4, -0.2) is 60.4 Å². The van der Waals surface area contributed by atoms with Crippen LogP contribution in [0.2, 0.25) is 25.2 Å². The molecular weight excluding hydrogens is 252 g/mol. The van der Waals surface area contributed by atoms with Gasteiger partial charge in [-0.3, -0.25) is 0 Å². The van der Waals surface area contributed by atoms with Crippen LogP contribution in [0.25, 0.3) is 0 Å². The number of likely N-dealkylation sites (N-methyl/N-ethyl adjacent to an activating group) is 1. The number of piperazine rings is 1. The monoisotopic (exact) mass is 284 g/mol. The second kappa shape index (κ2) is 7.63. The van der Waals surface area contributed by atoms with Gasteiger partial charge in [0.1, 0.15) is 8.24 Å². The zero-order valence-electron chi connectivity index (χ0n) is 13.1. The molecule has 0 radical (unpaired) electrons. The van der Waals surface area contributed by atoms with E-state index in [9.17, 15) is 0 Å². The van der Waals surface area contributed by atoms with Crippen molar-refractivity contribution in [1.82, 2.24) is 9.47 Å². The van der Waals surface area contributed by atoms with Gasteiger partial charge >= 0.3 is 0 Å². The first-order chi connectivity index (χ1) is 8.42. The molecule has 18 heavy (non-hydrogen) atoms. The van der Waals surface area contributed by atoms with Crippen molar-refractivity contribution in [3.63, 3.8) is 0 Å². The molecule has 1 rings (SSSR count). The third kappa shape index (κ3) is 5.82. The fraction of sp³-hybridized carbons (Fsp3) is 0.857. The Hall–Kier alpha value is 0.0938. The van der Waals surface area contributed by atoms with Gasteiger partial charge in [-0.2, -0.15) is 0 Å². The molecule has 106 valence electrons. The minimum Gasteiger partial charge on any atom is -0.321 e. The Labute approximate surface area is 117 Å². The summed E-state index contributed by atoms with van der Waals surface area (Å²) in [6.45, 7) is 14.8. The first-order valence-electron chi connectivity index (χ1n) is 7.49. The molecule has 0 saturated carbocycles. The highest BCUT2D eigenvalue weighted by atomic mass is 28.3. The Balaban J connectivity index is 2.24. The van der Waals surface area contributed by atoms with Crippen LogP contribution < -0.4 is 0 Å². The van der Waals surface area contributed by atoms with Gasteiger partial charge in [0.15, 0.2) is 0 Å². The second-order valence-electron chi connectivity index (χ2n) is 6.63. The Morgan fingerprint density at radius 1 is 1.17 bits per heavy atom. The van der Waals surface area contributed by atoms with Crippen LogP contribution in [0.3, 0.4) is 0 Å². The molecule has 0 aliphatic carbocycles. The molecule has 4 heteroatoms. The fourth-order valence-electron chi connectivity index (χ4n) is 2.66. The lowest BCUT2D eigenvalue weighted by Gasteiger charge is -2.42. The van der Waals surface area contributed by atoms with E-state index >= 15 is 0 Å². The maximum absolute atomic E-state index is 2.83. The fourth-order valence-corrected chi connectivity index (χ4v) is 7.32. The summed E-state index contributed by atoms with van der Waals surface area (Å²) in [6, 6.07) is 3.01. The molecule has 1 fully saturated rings. The summed E-state index contributed by atoms with van der Waals surface area (Å²) < 4.78 is 2.83. The van der Waals surface area contributed by atoms with E-state index in [1.807, 2.05) is 0 Å². The minimum atomic E-state index is -1.10. The van der Waals surface area contributed by atoms with E-state index in [0.717, 1.165) is 0 Å². The Kier molecular flexibility index (Phi) is 6.84. The van der Waals surface area contributed by atoms with Gasteiger partial charge < -0.3 is 9.47 Å². The standard InChI is InChI=1S/C14H32N2Si2/c1-14(2)13-17-11-6-12-18(4,5)16-9-7-15(3)8-10-16/h13H,6-12,17H2,1-5H3. The maximum Gasteiger partial charge on any atom is 0.122 e. The summed E-state index contributed by atoms with van der Waals surface area (Å²) in [6.07, 6.45) is 1.47. The smallest absolute Gasteiger partial charge is 0.122 e. The molecule has 0 atom stereocenters. The average molecular weight is 285 g/mol. The lowest BCUT2D eigenvalue weighted by molar-refractivity contribution is 0.216. The van der Waals surface area contributed by atoms with E-state index in [0.29, 0.717) is 0 Å². The van der Waals surface area contributed by atoms with Crippen molar-refractivity contribution in [2.75, 3.05) is 33.2 Å². The third-order valence-corrected chi connectivity index (χ3v) is 9.90. The van der Waals surface area contributed by atoms with Gasteiger partial charge in [0.05, 0.1) is 0 Å². The topological polar surface area (TPSA) is 6.48 Å². The van der Waals surface area contributed by atoms with Crippen LogP contribution in [0.1, 0.15) is 20.3 Å².